The van der Waals surface area contributed by atoms with Gasteiger partial charge in [0.05, 0.1) is 19.8 Å². The van der Waals surface area contributed by atoms with E-state index in [0.717, 1.165) is 11.1 Å². The smallest absolute Gasteiger partial charge is 0.407 e. The maximum Gasteiger partial charge on any atom is 0.407 e. The highest BCUT2D eigenvalue weighted by Gasteiger charge is 2.49. The van der Waals surface area contributed by atoms with E-state index in [1.165, 1.54) is 6.92 Å². The number of nitrogens with one attached hydrogen (secondary N) is 1. The van der Waals surface area contributed by atoms with E-state index < -0.39 is 53.1 Å². The molecule has 1 aliphatic rings. The maximum atomic E-state index is 12.4. The predicted octanol–water partition coefficient (Wildman–Crippen LogP) is 3.90. The average Bonchev–Trinajstić information content (AvgIpc) is 2.85. The van der Waals surface area contributed by atoms with Crippen LogP contribution in [0.4, 0.5) is 4.79 Å². The molecule has 1 saturated heterocycles. The number of alkyl carbamates (subject to hydrolysis) is 1. The Bertz CT molecular complexity index is 992. The normalized spacial score (nSPS) is 23.8. The molecule has 0 spiro atoms. The van der Waals surface area contributed by atoms with Crippen LogP contribution in [-0.2, 0) is 41.7 Å². The van der Waals surface area contributed by atoms with Gasteiger partial charge in [0.1, 0.15) is 24.9 Å². The van der Waals surface area contributed by atoms with Gasteiger partial charge in [-0.2, -0.15) is 0 Å². The number of rotatable bonds is 10. The van der Waals surface area contributed by atoms with Crippen molar-refractivity contribution in [3.05, 3.63) is 71.8 Å². The highest BCUT2D eigenvalue weighted by atomic mass is 35.6. The van der Waals surface area contributed by atoms with Crippen molar-refractivity contribution in [2.45, 2.75) is 54.6 Å². The Morgan fingerprint density at radius 3 is 2.14 bits per heavy atom. The molecule has 2 aromatic carbocycles. The van der Waals surface area contributed by atoms with Crippen LogP contribution in [0.1, 0.15) is 18.1 Å². The van der Waals surface area contributed by atoms with Gasteiger partial charge in [-0.15, -0.1) is 0 Å². The summed E-state index contributed by atoms with van der Waals surface area (Å²) in [5.74, 6) is -0.608. The van der Waals surface area contributed by atoms with Crippen LogP contribution in [0, 0.1) is 0 Å². The molecular weight excluding hydrogens is 549 g/mol. The van der Waals surface area contributed by atoms with Crippen molar-refractivity contribution in [1.82, 2.24) is 5.32 Å². The number of esters is 1. The largest absolute Gasteiger partial charge is 0.457 e. The molecule has 1 amide bonds. The van der Waals surface area contributed by atoms with Crippen molar-refractivity contribution in [2.24, 2.45) is 0 Å². The van der Waals surface area contributed by atoms with E-state index in [-0.39, 0.29) is 19.8 Å². The Hall–Kier alpha value is -2.11. The molecule has 3 rings (SSSR count). The standard InChI is InChI=1S/C25H28Cl3NO8/c1-16(30)36-21-19(14-33-12-17-8-4-2-5-9-17)37-23(31)20(29-24(32)35-15-25(26,27)28)22(21)34-13-18-10-6-3-7-11-18/h2-11,19-23,31H,12-15H2,1H3,(H,29,32)/t19-,20-,21-,22-,23-/m1/s1. The third kappa shape index (κ3) is 9.94. The molecule has 0 aromatic heterocycles. The summed E-state index contributed by atoms with van der Waals surface area (Å²) < 4.78 is 26.2. The Balaban J connectivity index is 1.77. The molecular formula is C25H28Cl3NO8. The summed E-state index contributed by atoms with van der Waals surface area (Å²) in [6.07, 6.45) is -5.54. The van der Waals surface area contributed by atoms with Crippen LogP contribution < -0.4 is 5.32 Å². The third-order valence-corrected chi connectivity index (χ3v) is 5.63. The van der Waals surface area contributed by atoms with Crippen molar-refractivity contribution >= 4 is 46.9 Å². The lowest BCUT2D eigenvalue weighted by atomic mass is 9.96. The van der Waals surface area contributed by atoms with E-state index in [1.54, 1.807) is 0 Å². The summed E-state index contributed by atoms with van der Waals surface area (Å²) in [5, 5.41) is 13.3. The van der Waals surface area contributed by atoms with E-state index in [2.05, 4.69) is 5.32 Å². The molecule has 0 bridgehead atoms. The number of benzene rings is 2. The van der Waals surface area contributed by atoms with Crippen LogP contribution in [0.25, 0.3) is 0 Å². The van der Waals surface area contributed by atoms with Gasteiger partial charge in [-0.1, -0.05) is 95.5 Å². The lowest BCUT2D eigenvalue weighted by Crippen LogP contribution is -2.66. The first-order valence-electron chi connectivity index (χ1n) is 11.4. The van der Waals surface area contributed by atoms with E-state index >= 15 is 0 Å². The fraction of sp³-hybridized carbons (Fsp3) is 0.440. The molecule has 37 heavy (non-hydrogen) atoms. The number of alkyl halides is 3. The predicted molar refractivity (Wildman–Crippen MR) is 136 cm³/mol. The van der Waals surface area contributed by atoms with Gasteiger partial charge in [0.2, 0.25) is 3.79 Å². The number of ether oxygens (including phenoxy) is 5. The van der Waals surface area contributed by atoms with Gasteiger partial charge in [-0.25, -0.2) is 4.79 Å². The minimum absolute atomic E-state index is 0.0282. The van der Waals surface area contributed by atoms with Crippen molar-refractivity contribution in [2.75, 3.05) is 13.2 Å². The van der Waals surface area contributed by atoms with Gasteiger partial charge >= 0.3 is 12.1 Å². The molecule has 202 valence electrons. The number of halogens is 3. The summed E-state index contributed by atoms with van der Waals surface area (Å²) in [5.41, 5.74) is 1.75. The Morgan fingerprint density at radius 2 is 1.57 bits per heavy atom. The summed E-state index contributed by atoms with van der Waals surface area (Å²) >= 11 is 16.9. The number of hydrogen-bond donors (Lipinski definition) is 2. The molecule has 9 nitrogen and oxygen atoms in total. The molecule has 0 unspecified atom stereocenters. The lowest BCUT2D eigenvalue weighted by molar-refractivity contribution is -0.270. The monoisotopic (exact) mass is 575 g/mol. The Morgan fingerprint density at radius 1 is 0.973 bits per heavy atom. The minimum Gasteiger partial charge on any atom is -0.457 e. The summed E-state index contributed by atoms with van der Waals surface area (Å²) in [6.45, 7) is 1.03. The highest BCUT2D eigenvalue weighted by molar-refractivity contribution is 6.67. The van der Waals surface area contributed by atoms with Crippen molar-refractivity contribution in [3.8, 4) is 0 Å². The first-order valence-corrected chi connectivity index (χ1v) is 12.5. The molecule has 0 aliphatic carbocycles. The minimum atomic E-state index is -1.83. The number of amides is 1. The average molecular weight is 577 g/mol. The van der Waals surface area contributed by atoms with E-state index in [1.807, 2.05) is 60.7 Å². The fourth-order valence-corrected chi connectivity index (χ4v) is 3.86. The molecule has 2 aromatic rings. The Kier molecular flexibility index (Phi) is 11.3. The van der Waals surface area contributed by atoms with Crippen LogP contribution in [-0.4, -0.2) is 64.8 Å². The number of carbonyl (C=O) groups excluding carboxylic acids is 2. The van der Waals surface area contributed by atoms with Gasteiger partial charge in [0.25, 0.3) is 0 Å². The molecule has 1 heterocycles. The van der Waals surface area contributed by atoms with Crippen LogP contribution in [0.5, 0.6) is 0 Å². The number of hydrogen-bond acceptors (Lipinski definition) is 8. The highest BCUT2D eigenvalue weighted by Crippen LogP contribution is 2.28. The molecule has 12 heteroatoms. The van der Waals surface area contributed by atoms with Crippen LogP contribution in [0.2, 0.25) is 0 Å². The van der Waals surface area contributed by atoms with Crippen LogP contribution in [0.3, 0.4) is 0 Å². The van der Waals surface area contributed by atoms with Crippen molar-refractivity contribution < 1.29 is 38.4 Å². The second kappa shape index (κ2) is 14.2. The zero-order valence-corrected chi connectivity index (χ0v) is 22.2. The number of aliphatic hydroxyl groups excluding tert-OH is 1. The summed E-state index contributed by atoms with van der Waals surface area (Å²) in [7, 11) is 0. The zero-order chi connectivity index (χ0) is 26.8. The molecule has 1 aliphatic heterocycles. The van der Waals surface area contributed by atoms with Crippen molar-refractivity contribution in [1.29, 1.82) is 0 Å². The molecule has 0 radical (unpaired) electrons. The van der Waals surface area contributed by atoms with Gasteiger partial charge < -0.3 is 34.1 Å². The first-order chi connectivity index (χ1) is 17.6. The second-order valence-corrected chi connectivity index (χ2v) is 10.8. The molecule has 1 fully saturated rings. The third-order valence-electron chi connectivity index (χ3n) is 5.30. The lowest BCUT2D eigenvalue weighted by Gasteiger charge is -2.44. The van der Waals surface area contributed by atoms with Crippen LogP contribution in [0.15, 0.2) is 60.7 Å². The van der Waals surface area contributed by atoms with Gasteiger partial charge in [-0.05, 0) is 11.1 Å². The second-order valence-electron chi connectivity index (χ2n) is 8.26. The maximum absolute atomic E-state index is 12.4. The SMILES string of the molecule is CC(=O)O[C@H]1[C@H](OCc2ccccc2)[C@@H](NC(=O)OCC(Cl)(Cl)Cl)[C@H](O)O[C@@H]1COCc1ccccc1. The first kappa shape index (κ1) is 29.4. The van der Waals surface area contributed by atoms with Crippen molar-refractivity contribution in [3.63, 3.8) is 0 Å². The topological polar surface area (TPSA) is 113 Å². The fourth-order valence-electron chi connectivity index (χ4n) is 3.70. The molecule has 5 atom stereocenters. The van der Waals surface area contributed by atoms with Gasteiger partial charge in [0.15, 0.2) is 12.4 Å². The van der Waals surface area contributed by atoms with E-state index in [4.69, 9.17) is 58.5 Å². The van der Waals surface area contributed by atoms with E-state index in [9.17, 15) is 14.7 Å². The molecule has 0 saturated carbocycles. The summed E-state index contributed by atoms with van der Waals surface area (Å²) in [6, 6.07) is 17.5. The molecule has 2 N–H and O–H groups in total. The quantitative estimate of drug-likeness (QED) is 0.324. The Labute approximate surface area is 229 Å². The number of carbonyl (C=O) groups is 2. The van der Waals surface area contributed by atoms with Gasteiger partial charge in [-0.3, -0.25) is 4.79 Å². The van der Waals surface area contributed by atoms with Gasteiger partial charge in [0, 0.05) is 6.92 Å². The number of aliphatic hydroxyl groups is 1. The van der Waals surface area contributed by atoms with E-state index in [0.29, 0.717) is 0 Å². The zero-order valence-electron chi connectivity index (χ0n) is 19.9. The van der Waals surface area contributed by atoms with Crippen LogP contribution >= 0.6 is 34.8 Å². The summed E-state index contributed by atoms with van der Waals surface area (Å²) in [4.78, 5) is 24.4.